The molecule has 1 aromatic carbocycles. The van der Waals surface area contributed by atoms with Crippen LogP contribution in [0.3, 0.4) is 0 Å². The average molecular weight is 265 g/mol. The second-order valence-corrected chi connectivity index (χ2v) is 5.27. The standard InChI is InChI=1S/C16H27NO2/c1-5-16(18,6-2)12-17-13(3)11-14-7-9-15(19-4)10-8-14/h7-10,13,17-18H,5-6,11-12H2,1-4H3. The molecule has 0 aliphatic heterocycles. The molecule has 1 rings (SSSR count). The van der Waals surface area contributed by atoms with Crippen molar-refractivity contribution >= 4 is 0 Å². The molecule has 0 aliphatic carbocycles. The summed E-state index contributed by atoms with van der Waals surface area (Å²) in [5.74, 6) is 0.885. The molecule has 108 valence electrons. The van der Waals surface area contributed by atoms with Crippen molar-refractivity contribution in [1.82, 2.24) is 5.32 Å². The van der Waals surface area contributed by atoms with Crippen molar-refractivity contribution in [3.63, 3.8) is 0 Å². The topological polar surface area (TPSA) is 41.5 Å². The Kier molecular flexibility index (Phi) is 6.32. The number of ether oxygens (including phenoxy) is 1. The molecule has 0 aromatic heterocycles. The number of rotatable bonds is 8. The highest BCUT2D eigenvalue weighted by Gasteiger charge is 2.22. The Balaban J connectivity index is 2.44. The fourth-order valence-electron chi connectivity index (χ4n) is 2.05. The van der Waals surface area contributed by atoms with E-state index in [0.29, 0.717) is 12.6 Å². The van der Waals surface area contributed by atoms with Gasteiger partial charge >= 0.3 is 0 Å². The zero-order valence-electron chi connectivity index (χ0n) is 12.6. The van der Waals surface area contributed by atoms with Crippen molar-refractivity contribution in [3.05, 3.63) is 29.8 Å². The van der Waals surface area contributed by atoms with Crippen molar-refractivity contribution < 1.29 is 9.84 Å². The Bertz CT molecular complexity index is 358. The average Bonchev–Trinajstić information content (AvgIpc) is 2.45. The highest BCUT2D eigenvalue weighted by molar-refractivity contribution is 5.27. The van der Waals surface area contributed by atoms with Gasteiger partial charge in [0.1, 0.15) is 5.75 Å². The fourth-order valence-corrected chi connectivity index (χ4v) is 2.05. The molecule has 0 radical (unpaired) electrons. The lowest BCUT2D eigenvalue weighted by molar-refractivity contribution is 0.0303. The van der Waals surface area contributed by atoms with Gasteiger partial charge in [0.15, 0.2) is 0 Å². The first-order chi connectivity index (χ1) is 9.03. The molecule has 0 fully saturated rings. The van der Waals surface area contributed by atoms with Crippen LogP contribution in [0.2, 0.25) is 0 Å². The molecule has 1 atom stereocenters. The van der Waals surface area contributed by atoms with Crippen LogP contribution in [0.1, 0.15) is 39.2 Å². The molecule has 0 heterocycles. The molecular formula is C16H27NO2. The molecule has 1 unspecified atom stereocenters. The lowest BCUT2D eigenvalue weighted by Gasteiger charge is -2.27. The van der Waals surface area contributed by atoms with E-state index < -0.39 is 5.60 Å². The van der Waals surface area contributed by atoms with Crippen LogP contribution in [-0.2, 0) is 6.42 Å². The Morgan fingerprint density at radius 1 is 1.21 bits per heavy atom. The van der Waals surface area contributed by atoms with Crippen molar-refractivity contribution in [2.24, 2.45) is 0 Å². The minimum absolute atomic E-state index is 0.345. The van der Waals surface area contributed by atoms with Crippen molar-refractivity contribution in [3.8, 4) is 5.75 Å². The summed E-state index contributed by atoms with van der Waals surface area (Å²) in [5.41, 5.74) is 0.700. The van der Waals surface area contributed by atoms with Crippen LogP contribution in [0.5, 0.6) is 5.75 Å². The van der Waals surface area contributed by atoms with Crippen LogP contribution in [0.15, 0.2) is 24.3 Å². The molecule has 0 aliphatic rings. The number of methoxy groups -OCH3 is 1. The Hall–Kier alpha value is -1.06. The minimum Gasteiger partial charge on any atom is -0.497 e. The second-order valence-electron chi connectivity index (χ2n) is 5.27. The third-order valence-corrected chi connectivity index (χ3v) is 3.80. The summed E-state index contributed by atoms with van der Waals surface area (Å²) < 4.78 is 5.15. The van der Waals surface area contributed by atoms with E-state index in [1.54, 1.807) is 7.11 Å². The highest BCUT2D eigenvalue weighted by Crippen LogP contribution is 2.15. The van der Waals surface area contributed by atoms with Crippen molar-refractivity contribution in [2.45, 2.75) is 51.7 Å². The van der Waals surface area contributed by atoms with E-state index in [4.69, 9.17) is 4.74 Å². The molecule has 19 heavy (non-hydrogen) atoms. The molecule has 1 aromatic rings. The van der Waals surface area contributed by atoms with Gasteiger partial charge in [-0.1, -0.05) is 26.0 Å². The van der Waals surface area contributed by atoms with E-state index in [9.17, 15) is 5.11 Å². The summed E-state index contributed by atoms with van der Waals surface area (Å²) in [6.07, 6.45) is 2.52. The molecule has 0 saturated heterocycles. The Morgan fingerprint density at radius 2 is 1.79 bits per heavy atom. The maximum Gasteiger partial charge on any atom is 0.118 e. The zero-order chi connectivity index (χ0) is 14.3. The van der Waals surface area contributed by atoms with Gasteiger partial charge in [0, 0.05) is 12.6 Å². The van der Waals surface area contributed by atoms with Gasteiger partial charge in [-0.15, -0.1) is 0 Å². The van der Waals surface area contributed by atoms with Gasteiger partial charge in [-0.3, -0.25) is 0 Å². The molecule has 2 N–H and O–H groups in total. The first kappa shape index (κ1) is 16.0. The molecule has 3 nitrogen and oxygen atoms in total. The van der Waals surface area contributed by atoms with Crippen LogP contribution in [0.4, 0.5) is 0 Å². The van der Waals surface area contributed by atoms with Crippen LogP contribution < -0.4 is 10.1 Å². The predicted molar refractivity (Wildman–Crippen MR) is 79.7 cm³/mol. The molecule has 3 heteroatoms. The van der Waals surface area contributed by atoms with E-state index in [-0.39, 0.29) is 0 Å². The van der Waals surface area contributed by atoms with E-state index in [1.807, 2.05) is 26.0 Å². The zero-order valence-corrected chi connectivity index (χ0v) is 12.6. The first-order valence-electron chi connectivity index (χ1n) is 7.11. The third-order valence-electron chi connectivity index (χ3n) is 3.80. The summed E-state index contributed by atoms with van der Waals surface area (Å²) in [6, 6.07) is 8.48. The van der Waals surface area contributed by atoms with Gasteiger partial charge < -0.3 is 15.2 Å². The van der Waals surface area contributed by atoms with Crippen LogP contribution in [0, 0.1) is 0 Å². The van der Waals surface area contributed by atoms with E-state index >= 15 is 0 Å². The second kappa shape index (κ2) is 7.51. The van der Waals surface area contributed by atoms with Crippen LogP contribution in [-0.4, -0.2) is 30.4 Å². The molecular weight excluding hydrogens is 238 g/mol. The number of nitrogens with one attached hydrogen (secondary N) is 1. The summed E-state index contributed by atoms with van der Waals surface area (Å²) in [6.45, 7) is 6.85. The minimum atomic E-state index is -0.575. The molecule has 0 saturated carbocycles. The summed E-state index contributed by atoms with van der Waals surface area (Å²) in [7, 11) is 1.68. The van der Waals surface area contributed by atoms with Gasteiger partial charge in [0.25, 0.3) is 0 Å². The number of hydrogen-bond acceptors (Lipinski definition) is 3. The number of aliphatic hydroxyl groups is 1. The molecule has 0 spiro atoms. The highest BCUT2D eigenvalue weighted by atomic mass is 16.5. The van der Waals surface area contributed by atoms with Gasteiger partial charge in [-0.25, -0.2) is 0 Å². The SMILES string of the molecule is CCC(O)(CC)CNC(C)Cc1ccc(OC)cc1. The van der Waals surface area contributed by atoms with Gasteiger partial charge in [-0.05, 0) is 43.9 Å². The Morgan fingerprint density at radius 3 is 2.26 bits per heavy atom. The predicted octanol–water partition coefficient (Wildman–Crippen LogP) is 2.77. The molecule has 0 amide bonds. The maximum atomic E-state index is 10.2. The van der Waals surface area contributed by atoms with Crippen LogP contribution >= 0.6 is 0 Å². The fraction of sp³-hybridized carbons (Fsp3) is 0.625. The smallest absolute Gasteiger partial charge is 0.118 e. The monoisotopic (exact) mass is 265 g/mol. The van der Waals surface area contributed by atoms with E-state index in [1.165, 1.54) is 5.56 Å². The van der Waals surface area contributed by atoms with Gasteiger partial charge in [0.2, 0.25) is 0 Å². The van der Waals surface area contributed by atoms with Gasteiger partial charge in [-0.2, -0.15) is 0 Å². The number of benzene rings is 1. The number of hydrogen-bond donors (Lipinski definition) is 2. The van der Waals surface area contributed by atoms with Crippen molar-refractivity contribution in [1.29, 1.82) is 0 Å². The summed E-state index contributed by atoms with van der Waals surface area (Å²) in [5, 5.41) is 13.7. The molecule has 0 bridgehead atoms. The summed E-state index contributed by atoms with van der Waals surface area (Å²) in [4.78, 5) is 0. The first-order valence-corrected chi connectivity index (χ1v) is 7.11. The quantitative estimate of drug-likeness (QED) is 0.759. The maximum absolute atomic E-state index is 10.2. The van der Waals surface area contributed by atoms with Gasteiger partial charge in [0.05, 0.1) is 12.7 Å². The Labute approximate surface area is 117 Å². The lowest BCUT2D eigenvalue weighted by Crippen LogP contribution is -2.43. The van der Waals surface area contributed by atoms with E-state index in [2.05, 4.69) is 24.4 Å². The largest absolute Gasteiger partial charge is 0.497 e. The summed E-state index contributed by atoms with van der Waals surface area (Å²) >= 11 is 0. The normalized spacial score (nSPS) is 13.3. The third kappa shape index (κ3) is 5.21. The van der Waals surface area contributed by atoms with E-state index in [0.717, 1.165) is 25.0 Å². The lowest BCUT2D eigenvalue weighted by atomic mass is 9.97. The van der Waals surface area contributed by atoms with Crippen LogP contribution in [0.25, 0.3) is 0 Å². The van der Waals surface area contributed by atoms with Crippen molar-refractivity contribution in [2.75, 3.05) is 13.7 Å².